The van der Waals surface area contributed by atoms with E-state index >= 15 is 0 Å². The summed E-state index contributed by atoms with van der Waals surface area (Å²) in [6.45, 7) is 5.46. The van der Waals surface area contributed by atoms with Gasteiger partial charge in [-0.15, -0.1) is 0 Å². The maximum atomic E-state index is 11.0. The Morgan fingerprint density at radius 1 is 1.19 bits per heavy atom. The molecule has 0 atom stereocenters. The first-order chi connectivity index (χ1) is 7.77. The van der Waals surface area contributed by atoms with Crippen LogP contribution in [0.2, 0.25) is 0 Å². The van der Waals surface area contributed by atoms with Crippen molar-refractivity contribution in [2.75, 3.05) is 0 Å². The van der Waals surface area contributed by atoms with Crippen LogP contribution in [0.25, 0.3) is 11.3 Å². The van der Waals surface area contributed by atoms with Gasteiger partial charge in [-0.25, -0.2) is 0 Å². The summed E-state index contributed by atoms with van der Waals surface area (Å²) >= 11 is 0. The number of aromatic nitrogens is 1. The van der Waals surface area contributed by atoms with Gasteiger partial charge in [0, 0.05) is 18.6 Å². The number of hydrogen-bond acceptors (Lipinski definition) is 3. The Balaban J connectivity index is 0.000000606. The molecular weight excluding hydrogens is 202 g/mol. The maximum absolute atomic E-state index is 11.0. The number of benzene rings is 1. The van der Waals surface area contributed by atoms with Crippen LogP contribution in [0.4, 0.5) is 0 Å². The van der Waals surface area contributed by atoms with Gasteiger partial charge in [0.1, 0.15) is 5.69 Å². The summed E-state index contributed by atoms with van der Waals surface area (Å²) in [4.78, 5) is 11.0. The van der Waals surface area contributed by atoms with Gasteiger partial charge in [0.2, 0.25) is 0 Å². The predicted molar refractivity (Wildman–Crippen MR) is 63.3 cm³/mol. The Labute approximate surface area is 95.1 Å². The molecule has 0 saturated carbocycles. The molecule has 1 aromatic heterocycles. The first-order valence-electron chi connectivity index (χ1n) is 5.30. The normalized spacial score (nSPS) is 9.19. The van der Waals surface area contributed by atoms with Gasteiger partial charge in [0.05, 0.1) is 0 Å². The quantitative estimate of drug-likeness (QED) is 0.722. The highest BCUT2D eigenvalue weighted by atomic mass is 16.5. The van der Waals surface area contributed by atoms with Crippen molar-refractivity contribution in [1.82, 2.24) is 5.16 Å². The molecule has 0 fully saturated rings. The number of nitrogens with zero attached hydrogens (tertiary/aromatic N) is 1. The molecule has 1 aromatic carbocycles. The molecule has 0 N–H and O–H groups in total. The lowest BCUT2D eigenvalue weighted by Crippen LogP contribution is -1.89. The molecule has 0 aliphatic heterocycles. The highest BCUT2D eigenvalue weighted by molar-refractivity contribution is 5.92. The van der Waals surface area contributed by atoms with E-state index in [-0.39, 0.29) is 5.78 Å². The summed E-state index contributed by atoms with van der Waals surface area (Å²) < 4.78 is 5.04. The van der Waals surface area contributed by atoms with Crippen molar-refractivity contribution < 1.29 is 9.32 Å². The Morgan fingerprint density at radius 3 is 2.31 bits per heavy atom. The van der Waals surface area contributed by atoms with Crippen molar-refractivity contribution in [2.45, 2.75) is 20.8 Å². The molecule has 0 radical (unpaired) electrons. The Morgan fingerprint density at radius 2 is 1.81 bits per heavy atom. The monoisotopic (exact) mass is 217 g/mol. The molecule has 0 unspecified atom stereocenters. The van der Waals surface area contributed by atoms with Gasteiger partial charge in [-0.2, -0.15) is 0 Å². The summed E-state index contributed by atoms with van der Waals surface area (Å²) in [6, 6.07) is 11.2. The van der Waals surface area contributed by atoms with Crippen molar-refractivity contribution in [3.63, 3.8) is 0 Å². The third kappa shape index (κ3) is 2.79. The van der Waals surface area contributed by atoms with Crippen LogP contribution in [-0.4, -0.2) is 10.9 Å². The molecule has 16 heavy (non-hydrogen) atoms. The van der Waals surface area contributed by atoms with Crippen LogP contribution in [0.1, 0.15) is 31.3 Å². The maximum Gasteiger partial charge on any atom is 0.181 e. The number of ketones is 1. The van der Waals surface area contributed by atoms with Crippen molar-refractivity contribution in [1.29, 1.82) is 0 Å². The molecular formula is C13H15NO2. The largest absolute Gasteiger partial charge is 0.356 e. The number of hydrogen-bond donors (Lipinski definition) is 0. The van der Waals surface area contributed by atoms with Gasteiger partial charge in [-0.3, -0.25) is 4.79 Å². The van der Waals surface area contributed by atoms with Crippen LogP contribution in [0, 0.1) is 0 Å². The second-order valence-corrected chi connectivity index (χ2v) is 3.00. The second-order valence-electron chi connectivity index (χ2n) is 3.00. The number of carbonyl (C=O) groups is 1. The number of carbonyl (C=O) groups excluding carboxylic acids is 1. The standard InChI is InChI=1S/C11H9NO2.C2H6/c1-8(13)10-7-11(14-12-10)9-5-3-2-4-6-9;1-2/h2-7H,1H3;1-2H3. The molecule has 1 heterocycles. The van der Waals surface area contributed by atoms with Crippen LogP contribution >= 0.6 is 0 Å². The highest BCUT2D eigenvalue weighted by Crippen LogP contribution is 2.19. The summed E-state index contributed by atoms with van der Waals surface area (Å²) in [6.07, 6.45) is 0. The van der Waals surface area contributed by atoms with E-state index < -0.39 is 0 Å². The molecule has 84 valence electrons. The number of Topliss-reactive ketones (excluding diaryl/α,β-unsaturated/α-hetero) is 1. The molecule has 0 bridgehead atoms. The summed E-state index contributed by atoms with van der Waals surface area (Å²) in [5.74, 6) is 0.534. The van der Waals surface area contributed by atoms with Gasteiger partial charge in [0.25, 0.3) is 0 Å². The predicted octanol–water partition coefficient (Wildman–Crippen LogP) is 3.57. The minimum atomic E-state index is -0.0871. The van der Waals surface area contributed by atoms with Crippen molar-refractivity contribution in [3.8, 4) is 11.3 Å². The topological polar surface area (TPSA) is 43.1 Å². The zero-order valence-corrected chi connectivity index (χ0v) is 9.73. The molecule has 3 heteroatoms. The lowest BCUT2D eigenvalue weighted by Gasteiger charge is -1.91. The fraction of sp³-hybridized carbons (Fsp3) is 0.231. The summed E-state index contributed by atoms with van der Waals surface area (Å²) in [5, 5.41) is 3.67. The zero-order chi connectivity index (χ0) is 12.0. The van der Waals surface area contributed by atoms with E-state index in [1.165, 1.54) is 6.92 Å². The lowest BCUT2D eigenvalue weighted by molar-refractivity contribution is 0.100. The molecule has 3 nitrogen and oxygen atoms in total. The van der Waals surface area contributed by atoms with Gasteiger partial charge in [-0.05, 0) is 0 Å². The molecule has 0 aliphatic carbocycles. The van der Waals surface area contributed by atoms with Crippen LogP contribution in [0.5, 0.6) is 0 Å². The summed E-state index contributed by atoms with van der Waals surface area (Å²) in [7, 11) is 0. The summed E-state index contributed by atoms with van der Waals surface area (Å²) in [5.41, 5.74) is 1.29. The van der Waals surface area contributed by atoms with Crippen LogP contribution in [0.15, 0.2) is 40.9 Å². The van der Waals surface area contributed by atoms with Crippen LogP contribution in [0.3, 0.4) is 0 Å². The third-order valence-electron chi connectivity index (χ3n) is 1.93. The smallest absolute Gasteiger partial charge is 0.181 e. The Hall–Kier alpha value is -1.90. The van der Waals surface area contributed by atoms with E-state index in [0.717, 1.165) is 5.56 Å². The van der Waals surface area contributed by atoms with E-state index in [9.17, 15) is 4.79 Å². The minimum absolute atomic E-state index is 0.0871. The van der Waals surface area contributed by atoms with Crippen molar-refractivity contribution in [3.05, 3.63) is 42.1 Å². The van der Waals surface area contributed by atoms with Gasteiger partial charge in [-0.1, -0.05) is 49.3 Å². The fourth-order valence-corrected chi connectivity index (χ4v) is 1.18. The van der Waals surface area contributed by atoms with Crippen LogP contribution in [-0.2, 0) is 0 Å². The third-order valence-corrected chi connectivity index (χ3v) is 1.93. The average Bonchev–Trinajstić information content (AvgIpc) is 2.82. The van der Waals surface area contributed by atoms with Gasteiger partial charge < -0.3 is 4.52 Å². The van der Waals surface area contributed by atoms with E-state index in [1.807, 2.05) is 44.2 Å². The molecule has 0 amide bonds. The van der Waals surface area contributed by atoms with Crippen molar-refractivity contribution >= 4 is 5.78 Å². The molecule has 0 saturated heterocycles. The van der Waals surface area contributed by atoms with E-state index in [1.54, 1.807) is 6.07 Å². The van der Waals surface area contributed by atoms with E-state index in [4.69, 9.17) is 4.52 Å². The fourth-order valence-electron chi connectivity index (χ4n) is 1.18. The SMILES string of the molecule is CC.CC(=O)c1cc(-c2ccccc2)on1. The van der Waals surface area contributed by atoms with Gasteiger partial charge >= 0.3 is 0 Å². The number of rotatable bonds is 2. The Bertz CT molecular complexity index is 446. The van der Waals surface area contributed by atoms with E-state index in [0.29, 0.717) is 11.5 Å². The first kappa shape index (κ1) is 12.2. The molecule has 2 aromatic rings. The van der Waals surface area contributed by atoms with Crippen LogP contribution < -0.4 is 0 Å². The second kappa shape index (κ2) is 5.85. The first-order valence-corrected chi connectivity index (χ1v) is 5.30. The molecule has 0 spiro atoms. The minimum Gasteiger partial charge on any atom is -0.356 e. The Kier molecular flexibility index (Phi) is 4.45. The molecule has 2 rings (SSSR count). The van der Waals surface area contributed by atoms with Crippen molar-refractivity contribution in [2.24, 2.45) is 0 Å². The highest BCUT2D eigenvalue weighted by Gasteiger charge is 2.08. The van der Waals surface area contributed by atoms with Gasteiger partial charge in [0.15, 0.2) is 11.5 Å². The van der Waals surface area contributed by atoms with E-state index in [2.05, 4.69) is 5.16 Å². The zero-order valence-electron chi connectivity index (χ0n) is 9.73. The average molecular weight is 217 g/mol. The lowest BCUT2D eigenvalue weighted by atomic mass is 10.1. The molecule has 0 aliphatic rings.